The number of aryl methyl sites for hydroxylation is 2. The number of rotatable bonds is 4. The Morgan fingerprint density at radius 2 is 1.82 bits per heavy atom. The van der Waals surface area contributed by atoms with Crippen molar-refractivity contribution in [3.05, 3.63) is 77.2 Å². The van der Waals surface area contributed by atoms with Crippen LogP contribution in [0.15, 0.2) is 54.9 Å². The lowest BCUT2D eigenvalue weighted by Gasteiger charge is -2.25. The first kappa shape index (κ1) is 20.9. The zero-order valence-corrected chi connectivity index (χ0v) is 19.8. The summed E-state index contributed by atoms with van der Waals surface area (Å²) in [6.07, 6.45) is 7.24. The third-order valence-electron chi connectivity index (χ3n) is 7.27. The number of nitrogens with zero attached hydrogens (tertiary/aromatic N) is 3. The highest BCUT2D eigenvalue weighted by Gasteiger charge is 2.34. The quantitative estimate of drug-likeness (QED) is 0.481. The molecular weight excluding hydrogens is 424 g/mol. The maximum Gasteiger partial charge on any atom is 0.259 e. The van der Waals surface area contributed by atoms with E-state index in [-0.39, 0.29) is 11.8 Å². The van der Waals surface area contributed by atoms with Crippen LogP contribution in [0.1, 0.15) is 28.8 Å². The molecule has 2 amide bonds. The van der Waals surface area contributed by atoms with Gasteiger partial charge in [0.25, 0.3) is 11.8 Å². The van der Waals surface area contributed by atoms with Crippen molar-refractivity contribution < 1.29 is 9.59 Å². The largest absolute Gasteiger partial charge is 0.350 e. The van der Waals surface area contributed by atoms with Gasteiger partial charge in [-0.3, -0.25) is 14.9 Å². The molecule has 2 aliphatic rings. The fourth-order valence-electron chi connectivity index (χ4n) is 5.84. The molecule has 1 aliphatic carbocycles. The Morgan fingerprint density at radius 1 is 1.03 bits per heavy atom. The molecule has 0 radical (unpaired) electrons. The molecule has 1 aromatic carbocycles. The molecule has 6 nitrogen and oxygen atoms in total. The van der Waals surface area contributed by atoms with Crippen LogP contribution in [0, 0.1) is 5.92 Å². The van der Waals surface area contributed by atoms with Crippen molar-refractivity contribution in [1.29, 1.82) is 0 Å². The molecule has 34 heavy (non-hydrogen) atoms. The van der Waals surface area contributed by atoms with Crippen LogP contribution < -0.4 is 5.32 Å². The number of pyridine rings is 1. The van der Waals surface area contributed by atoms with E-state index in [0.717, 1.165) is 53.4 Å². The van der Waals surface area contributed by atoms with E-state index in [1.165, 1.54) is 11.3 Å². The Kier molecular flexibility index (Phi) is 4.74. The first-order valence-corrected chi connectivity index (χ1v) is 11.8. The second-order valence-electron chi connectivity index (χ2n) is 9.90. The van der Waals surface area contributed by atoms with E-state index < -0.39 is 0 Å². The van der Waals surface area contributed by atoms with Gasteiger partial charge in [0.2, 0.25) is 0 Å². The number of benzene rings is 1. The summed E-state index contributed by atoms with van der Waals surface area (Å²) in [4.78, 5) is 28.3. The van der Waals surface area contributed by atoms with Crippen LogP contribution in [0.25, 0.3) is 27.6 Å². The molecule has 1 unspecified atom stereocenters. The fourth-order valence-corrected chi connectivity index (χ4v) is 5.84. The minimum Gasteiger partial charge on any atom is -0.350 e. The Labute approximate surface area is 198 Å². The predicted octanol–water partition coefficient (Wildman–Crippen LogP) is 3.66. The maximum atomic E-state index is 13.0. The molecule has 3 aromatic heterocycles. The average molecular weight is 453 g/mol. The highest BCUT2D eigenvalue weighted by Crippen LogP contribution is 2.37. The third kappa shape index (κ3) is 3.21. The summed E-state index contributed by atoms with van der Waals surface area (Å²) >= 11 is 0. The van der Waals surface area contributed by atoms with Gasteiger partial charge in [-0.1, -0.05) is 24.3 Å². The third-order valence-corrected chi connectivity index (χ3v) is 7.27. The molecule has 6 heteroatoms. The number of fused-ring (bicyclic) bond motifs is 4. The van der Waals surface area contributed by atoms with Gasteiger partial charge in [0.05, 0.1) is 11.1 Å². The van der Waals surface area contributed by atoms with Gasteiger partial charge in [-0.15, -0.1) is 0 Å². The minimum atomic E-state index is -0.336. The smallest absolute Gasteiger partial charge is 0.259 e. The molecule has 1 aliphatic heterocycles. The average Bonchev–Trinajstić information content (AvgIpc) is 3.43. The maximum absolute atomic E-state index is 13.0. The molecule has 0 saturated carbocycles. The van der Waals surface area contributed by atoms with E-state index in [9.17, 15) is 9.59 Å². The highest BCUT2D eigenvalue weighted by atomic mass is 16.2. The van der Waals surface area contributed by atoms with Crippen molar-refractivity contribution >= 4 is 39.4 Å². The van der Waals surface area contributed by atoms with E-state index in [1.807, 2.05) is 54.3 Å². The second-order valence-corrected chi connectivity index (χ2v) is 9.90. The lowest BCUT2D eigenvalue weighted by molar-refractivity contribution is -0.122. The summed E-state index contributed by atoms with van der Waals surface area (Å²) < 4.78 is 4.22. The van der Waals surface area contributed by atoms with Gasteiger partial charge in [-0.2, -0.15) is 0 Å². The van der Waals surface area contributed by atoms with Crippen LogP contribution >= 0.6 is 0 Å². The van der Waals surface area contributed by atoms with E-state index in [1.54, 1.807) is 0 Å². The van der Waals surface area contributed by atoms with Gasteiger partial charge < -0.3 is 13.9 Å². The van der Waals surface area contributed by atoms with E-state index in [0.29, 0.717) is 17.1 Å². The van der Waals surface area contributed by atoms with Crippen molar-refractivity contribution in [2.24, 2.45) is 13.0 Å². The predicted molar refractivity (Wildman–Crippen MR) is 134 cm³/mol. The van der Waals surface area contributed by atoms with Crippen LogP contribution in [0.4, 0.5) is 0 Å². The lowest BCUT2D eigenvalue weighted by atomic mass is 9.87. The number of hydrogen-bond donors (Lipinski definition) is 1. The van der Waals surface area contributed by atoms with Crippen LogP contribution in [-0.2, 0) is 29.5 Å². The number of nitrogens with one attached hydrogen (secondary N) is 1. The Morgan fingerprint density at radius 3 is 2.65 bits per heavy atom. The molecule has 1 atom stereocenters. The van der Waals surface area contributed by atoms with E-state index >= 15 is 0 Å². The van der Waals surface area contributed by atoms with E-state index in [2.05, 4.69) is 40.8 Å². The zero-order chi connectivity index (χ0) is 23.6. The fraction of sp³-hybridized carbons (Fsp3) is 0.286. The molecule has 172 valence electrons. The summed E-state index contributed by atoms with van der Waals surface area (Å²) in [6, 6.07) is 14.3. The van der Waals surface area contributed by atoms with Crippen LogP contribution in [0.3, 0.4) is 0 Å². The molecule has 6 rings (SSSR count). The van der Waals surface area contributed by atoms with Gasteiger partial charge in [0.15, 0.2) is 0 Å². The van der Waals surface area contributed by atoms with Crippen molar-refractivity contribution in [3.63, 3.8) is 0 Å². The number of amides is 2. The van der Waals surface area contributed by atoms with Crippen molar-refractivity contribution in [1.82, 2.24) is 19.2 Å². The number of para-hydroxylation sites is 1. The van der Waals surface area contributed by atoms with Gasteiger partial charge in [0.1, 0.15) is 0 Å². The standard InChI is InChI=1S/C28H28N4O2/c1-30(2)14-17-8-11-23-19(12-17)13-20-10-9-18(15-32(20)23)25-26(28(34)29-27(25)33)22-16-31(3)24-7-5-4-6-21(22)24/h4-7,9-10,13,15-17H,8,11-12,14H2,1-3H3,(H,29,33,34). The summed E-state index contributed by atoms with van der Waals surface area (Å²) in [5.74, 6) is -0.00449. The normalized spacial score (nSPS) is 18.4. The second kappa shape index (κ2) is 7.71. The van der Waals surface area contributed by atoms with E-state index in [4.69, 9.17) is 0 Å². The summed E-state index contributed by atoms with van der Waals surface area (Å²) in [5.41, 5.74) is 7.34. The number of aromatic nitrogens is 2. The van der Waals surface area contributed by atoms with Crippen molar-refractivity contribution in [3.8, 4) is 0 Å². The molecule has 0 saturated heterocycles. The molecule has 4 heterocycles. The van der Waals surface area contributed by atoms with Gasteiger partial charge in [-0.05, 0) is 63.0 Å². The first-order chi connectivity index (χ1) is 16.4. The van der Waals surface area contributed by atoms with Gasteiger partial charge in [0, 0.05) is 59.2 Å². The number of carbonyl (C=O) groups is 2. The summed E-state index contributed by atoms with van der Waals surface area (Å²) in [5, 5.41) is 3.51. The summed E-state index contributed by atoms with van der Waals surface area (Å²) in [7, 11) is 6.23. The highest BCUT2D eigenvalue weighted by molar-refractivity contribution is 6.50. The van der Waals surface area contributed by atoms with Crippen LogP contribution in [0.5, 0.6) is 0 Å². The molecule has 0 fully saturated rings. The topological polar surface area (TPSA) is 58.8 Å². The minimum absolute atomic E-state index is 0.334. The first-order valence-electron chi connectivity index (χ1n) is 11.8. The Hall–Kier alpha value is -3.64. The van der Waals surface area contributed by atoms with Crippen LogP contribution in [-0.4, -0.2) is 46.3 Å². The number of imide groups is 1. The molecular formula is C28H28N4O2. The molecule has 1 N–H and O–H groups in total. The Bertz CT molecular complexity index is 1520. The SMILES string of the molecule is CN(C)CC1CCc2c(cc3ccc(C4=C(c5cn(C)c6ccccc56)C(=O)NC4=O)cn23)C1. The summed E-state index contributed by atoms with van der Waals surface area (Å²) in [6.45, 7) is 1.10. The molecule has 0 bridgehead atoms. The van der Waals surface area contributed by atoms with Crippen molar-refractivity contribution in [2.45, 2.75) is 19.3 Å². The lowest BCUT2D eigenvalue weighted by Crippen LogP contribution is -2.26. The number of carbonyl (C=O) groups excluding carboxylic acids is 2. The zero-order valence-electron chi connectivity index (χ0n) is 19.8. The monoisotopic (exact) mass is 452 g/mol. The van der Waals surface area contributed by atoms with Crippen molar-refractivity contribution in [2.75, 3.05) is 20.6 Å². The van der Waals surface area contributed by atoms with Crippen LogP contribution in [0.2, 0.25) is 0 Å². The molecule has 0 spiro atoms. The Balaban J connectivity index is 1.49. The molecule has 4 aromatic rings. The number of hydrogen-bond acceptors (Lipinski definition) is 3. The van der Waals surface area contributed by atoms with Gasteiger partial charge >= 0.3 is 0 Å². The van der Waals surface area contributed by atoms with Gasteiger partial charge in [-0.25, -0.2) is 0 Å².